The predicted octanol–water partition coefficient (Wildman–Crippen LogP) is 6.18. The second-order valence-electron chi connectivity index (χ2n) is 5.95. The van der Waals surface area contributed by atoms with Crippen molar-refractivity contribution in [2.24, 2.45) is 0 Å². The SMILES string of the molecule is CCCCCCCC(CCCC)c1oc(CC)nc1C. The Morgan fingerprint density at radius 1 is 0.900 bits per heavy atom. The van der Waals surface area contributed by atoms with Crippen molar-refractivity contribution in [2.45, 2.75) is 97.8 Å². The first-order chi connectivity index (χ1) is 9.72. The second-order valence-corrected chi connectivity index (χ2v) is 5.95. The Balaban J connectivity index is 2.55. The maximum atomic E-state index is 5.99. The van der Waals surface area contributed by atoms with Crippen LogP contribution in [0.2, 0.25) is 0 Å². The van der Waals surface area contributed by atoms with Gasteiger partial charge in [-0.2, -0.15) is 0 Å². The van der Waals surface area contributed by atoms with Gasteiger partial charge in [0.1, 0.15) is 5.76 Å². The number of hydrogen-bond acceptors (Lipinski definition) is 2. The highest BCUT2D eigenvalue weighted by Crippen LogP contribution is 2.31. The van der Waals surface area contributed by atoms with Crippen molar-refractivity contribution < 1.29 is 4.42 Å². The molecule has 0 aliphatic heterocycles. The Morgan fingerprint density at radius 3 is 2.15 bits per heavy atom. The number of aromatic nitrogens is 1. The molecule has 1 atom stereocenters. The third kappa shape index (κ3) is 5.68. The van der Waals surface area contributed by atoms with Gasteiger partial charge >= 0.3 is 0 Å². The summed E-state index contributed by atoms with van der Waals surface area (Å²) in [6, 6.07) is 0. The van der Waals surface area contributed by atoms with E-state index in [1.54, 1.807) is 0 Å². The molecular formula is C18H33NO. The lowest BCUT2D eigenvalue weighted by Crippen LogP contribution is -2.00. The Kier molecular flexibility index (Phi) is 8.64. The summed E-state index contributed by atoms with van der Waals surface area (Å²) in [5.41, 5.74) is 1.12. The fraction of sp³-hybridized carbons (Fsp3) is 0.833. The smallest absolute Gasteiger partial charge is 0.194 e. The highest BCUT2D eigenvalue weighted by Gasteiger charge is 2.19. The quantitative estimate of drug-likeness (QED) is 0.452. The van der Waals surface area contributed by atoms with Crippen molar-refractivity contribution in [1.82, 2.24) is 4.98 Å². The van der Waals surface area contributed by atoms with Gasteiger partial charge in [0.15, 0.2) is 5.89 Å². The van der Waals surface area contributed by atoms with E-state index < -0.39 is 0 Å². The van der Waals surface area contributed by atoms with Crippen LogP contribution in [-0.2, 0) is 6.42 Å². The van der Waals surface area contributed by atoms with Crippen LogP contribution in [-0.4, -0.2) is 4.98 Å². The lowest BCUT2D eigenvalue weighted by atomic mass is 9.92. The lowest BCUT2D eigenvalue weighted by Gasteiger charge is -2.14. The Labute approximate surface area is 125 Å². The molecule has 0 aliphatic rings. The number of aryl methyl sites for hydroxylation is 2. The molecule has 1 aromatic rings. The third-order valence-corrected chi connectivity index (χ3v) is 4.11. The van der Waals surface area contributed by atoms with E-state index in [9.17, 15) is 0 Å². The van der Waals surface area contributed by atoms with Crippen LogP contribution in [0.4, 0.5) is 0 Å². The van der Waals surface area contributed by atoms with E-state index in [-0.39, 0.29) is 0 Å². The van der Waals surface area contributed by atoms with Crippen LogP contribution in [0.1, 0.15) is 102 Å². The van der Waals surface area contributed by atoms with Gasteiger partial charge in [-0.25, -0.2) is 4.98 Å². The summed E-state index contributed by atoms with van der Waals surface area (Å²) in [6.45, 7) is 8.76. The van der Waals surface area contributed by atoms with E-state index in [0.717, 1.165) is 18.0 Å². The predicted molar refractivity (Wildman–Crippen MR) is 86.3 cm³/mol. The van der Waals surface area contributed by atoms with E-state index in [1.807, 2.05) is 0 Å². The zero-order valence-electron chi connectivity index (χ0n) is 14.0. The topological polar surface area (TPSA) is 26.0 Å². The molecule has 0 saturated heterocycles. The second kappa shape index (κ2) is 10.0. The van der Waals surface area contributed by atoms with E-state index in [4.69, 9.17) is 4.42 Å². The minimum atomic E-state index is 0.587. The number of oxazole rings is 1. The first-order valence-corrected chi connectivity index (χ1v) is 8.69. The van der Waals surface area contributed by atoms with Gasteiger partial charge in [0, 0.05) is 12.3 Å². The normalized spacial score (nSPS) is 12.8. The van der Waals surface area contributed by atoms with Crippen LogP contribution >= 0.6 is 0 Å². The zero-order valence-corrected chi connectivity index (χ0v) is 14.0. The molecule has 0 N–H and O–H groups in total. The molecule has 2 heteroatoms. The molecule has 0 amide bonds. The summed E-state index contributed by atoms with van der Waals surface area (Å²) >= 11 is 0. The summed E-state index contributed by atoms with van der Waals surface area (Å²) in [6.07, 6.45) is 12.7. The van der Waals surface area contributed by atoms with Gasteiger partial charge in [-0.15, -0.1) is 0 Å². The van der Waals surface area contributed by atoms with Crippen LogP contribution in [0.15, 0.2) is 4.42 Å². The monoisotopic (exact) mass is 279 g/mol. The van der Waals surface area contributed by atoms with Crippen LogP contribution in [0.5, 0.6) is 0 Å². The molecule has 1 aromatic heterocycles. The van der Waals surface area contributed by atoms with Gasteiger partial charge in [-0.1, -0.05) is 65.7 Å². The van der Waals surface area contributed by atoms with E-state index in [0.29, 0.717) is 5.92 Å². The fourth-order valence-corrected chi connectivity index (χ4v) is 2.85. The Bertz CT molecular complexity index is 356. The maximum absolute atomic E-state index is 5.99. The standard InChI is InChI=1S/C18H33NO/c1-5-8-10-11-12-14-16(13-9-6-2)18-15(4)19-17(7-3)20-18/h16H,5-14H2,1-4H3. The van der Waals surface area contributed by atoms with Crippen molar-refractivity contribution in [3.63, 3.8) is 0 Å². The lowest BCUT2D eigenvalue weighted by molar-refractivity contribution is 0.388. The summed E-state index contributed by atoms with van der Waals surface area (Å²) in [5, 5.41) is 0. The average Bonchev–Trinajstić information content (AvgIpc) is 2.83. The van der Waals surface area contributed by atoms with Gasteiger partial charge < -0.3 is 4.42 Å². The van der Waals surface area contributed by atoms with Crippen molar-refractivity contribution in [2.75, 3.05) is 0 Å². The molecular weight excluding hydrogens is 246 g/mol. The number of hydrogen-bond donors (Lipinski definition) is 0. The van der Waals surface area contributed by atoms with Crippen molar-refractivity contribution >= 4 is 0 Å². The minimum absolute atomic E-state index is 0.587. The molecule has 0 aromatic carbocycles. The van der Waals surface area contributed by atoms with Gasteiger partial charge in [0.25, 0.3) is 0 Å². The Hall–Kier alpha value is -0.790. The molecule has 0 fully saturated rings. The molecule has 0 aliphatic carbocycles. The summed E-state index contributed by atoms with van der Waals surface area (Å²) in [5.74, 6) is 2.67. The van der Waals surface area contributed by atoms with Crippen LogP contribution < -0.4 is 0 Å². The molecule has 116 valence electrons. The van der Waals surface area contributed by atoms with E-state index in [1.165, 1.54) is 63.5 Å². The molecule has 0 spiro atoms. The van der Waals surface area contributed by atoms with E-state index >= 15 is 0 Å². The number of nitrogens with zero attached hydrogens (tertiary/aromatic N) is 1. The average molecular weight is 279 g/mol. The summed E-state index contributed by atoms with van der Waals surface area (Å²) in [4.78, 5) is 4.55. The number of rotatable bonds is 11. The third-order valence-electron chi connectivity index (χ3n) is 4.11. The molecule has 0 saturated carbocycles. The van der Waals surface area contributed by atoms with E-state index in [2.05, 4.69) is 32.7 Å². The molecule has 0 bridgehead atoms. The van der Waals surface area contributed by atoms with Crippen molar-refractivity contribution in [3.8, 4) is 0 Å². The van der Waals surface area contributed by atoms with Gasteiger partial charge in [0.05, 0.1) is 5.69 Å². The molecule has 1 rings (SSSR count). The molecule has 0 radical (unpaired) electrons. The largest absolute Gasteiger partial charge is 0.445 e. The van der Waals surface area contributed by atoms with Crippen LogP contribution in [0.25, 0.3) is 0 Å². The molecule has 2 nitrogen and oxygen atoms in total. The highest BCUT2D eigenvalue weighted by molar-refractivity contribution is 5.13. The van der Waals surface area contributed by atoms with Gasteiger partial charge in [0.2, 0.25) is 0 Å². The summed E-state index contributed by atoms with van der Waals surface area (Å²) in [7, 11) is 0. The molecule has 20 heavy (non-hydrogen) atoms. The van der Waals surface area contributed by atoms with Crippen molar-refractivity contribution in [1.29, 1.82) is 0 Å². The zero-order chi connectivity index (χ0) is 14.8. The Morgan fingerprint density at radius 2 is 1.55 bits per heavy atom. The van der Waals surface area contributed by atoms with Crippen molar-refractivity contribution in [3.05, 3.63) is 17.3 Å². The van der Waals surface area contributed by atoms with Gasteiger partial charge in [-0.3, -0.25) is 0 Å². The van der Waals surface area contributed by atoms with Crippen LogP contribution in [0, 0.1) is 6.92 Å². The molecule has 1 heterocycles. The van der Waals surface area contributed by atoms with Gasteiger partial charge in [-0.05, 0) is 19.8 Å². The first-order valence-electron chi connectivity index (χ1n) is 8.69. The maximum Gasteiger partial charge on any atom is 0.194 e. The number of unbranched alkanes of at least 4 members (excludes halogenated alkanes) is 5. The van der Waals surface area contributed by atoms with Crippen LogP contribution in [0.3, 0.4) is 0 Å². The summed E-state index contributed by atoms with van der Waals surface area (Å²) < 4.78 is 5.99. The molecule has 1 unspecified atom stereocenters. The fourth-order valence-electron chi connectivity index (χ4n) is 2.85. The highest BCUT2D eigenvalue weighted by atomic mass is 16.4. The first kappa shape index (κ1) is 17.3. The minimum Gasteiger partial charge on any atom is -0.445 e.